The SMILES string of the molecule is CCP(=O)(CC)c1ncccc1Cl. The molecular weight excluding hydrogens is 205 g/mol. The molecule has 0 saturated heterocycles. The van der Waals surface area contributed by atoms with E-state index in [2.05, 4.69) is 4.98 Å². The van der Waals surface area contributed by atoms with Crippen molar-refractivity contribution in [2.75, 3.05) is 12.3 Å². The summed E-state index contributed by atoms with van der Waals surface area (Å²) < 4.78 is 12.2. The molecule has 72 valence electrons. The zero-order valence-electron chi connectivity index (χ0n) is 7.83. The quantitative estimate of drug-likeness (QED) is 0.729. The Bertz CT molecular complexity index is 332. The van der Waals surface area contributed by atoms with Gasteiger partial charge >= 0.3 is 0 Å². The molecule has 0 bridgehead atoms. The number of halogens is 1. The molecule has 1 aromatic heterocycles. The Balaban J connectivity index is 3.20. The highest BCUT2D eigenvalue weighted by Gasteiger charge is 2.23. The fourth-order valence-corrected chi connectivity index (χ4v) is 3.57. The van der Waals surface area contributed by atoms with Gasteiger partial charge in [0.05, 0.1) is 5.02 Å². The maximum atomic E-state index is 12.2. The van der Waals surface area contributed by atoms with Gasteiger partial charge in [-0.1, -0.05) is 25.4 Å². The van der Waals surface area contributed by atoms with E-state index in [0.29, 0.717) is 22.8 Å². The summed E-state index contributed by atoms with van der Waals surface area (Å²) in [5.74, 6) is 0. The van der Waals surface area contributed by atoms with Crippen LogP contribution in [0.15, 0.2) is 18.3 Å². The Morgan fingerprint density at radius 3 is 2.54 bits per heavy atom. The van der Waals surface area contributed by atoms with E-state index in [1.54, 1.807) is 18.3 Å². The second-order valence-electron chi connectivity index (χ2n) is 2.83. The van der Waals surface area contributed by atoms with Crippen molar-refractivity contribution in [1.29, 1.82) is 0 Å². The molecule has 0 N–H and O–H groups in total. The van der Waals surface area contributed by atoms with Gasteiger partial charge in [-0.3, -0.25) is 4.98 Å². The van der Waals surface area contributed by atoms with E-state index in [4.69, 9.17) is 11.6 Å². The van der Waals surface area contributed by atoms with Crippen molar-refractivity contribution in [3.8, 4) is 0 Å². The van der Waals surface area contributed by atoms with Gasteiger partial charge in [-0.25, -0.2) is 0 Å². The van der Waals surface area contributed by atoms with Crippen LogP contribution in [0.3, 0.4) is 0 Å². The first-order valence-electron chi connectivity index (χ1n) is 4.33. The molecule has 0 amide bonds. The minimum Gasteiger partial charge on any atom is -0.317 e. The van der Waals surface area contributed by atoms with Crippen LogP contribution in [0.2, 0.25) is 5.02 Å². The van der Waals surface area contributed by atoms with Gasteiger partial charge in [-0.15, -0.1) is 0 Å². The van der Waals surface area contributed by atoms with Crippen LogP contribution in [0.1, 0.15) is 13.8 Å². The van der Waals surface area contributed by atoms with Crippen molar-refractivity contribution in [1.82, 2.24) is 4.98 Å². The smallest absolute Gasteiger partial charge is 0.134 e. The van der Waals surface area contributed by atoms with Gasteiger partial charge in [-0.2, -0.15) is 0 Å². The largest absolute Gasteiger partial charge is 0.317 e. The highest BCUT2D eigenvalue weighted by Crippen LogP contribution is 2.44. The molecule has 0 unspecified atom stereocenters. The van der Waals surface area contributed by atoms with Crippen LogP contribution in [-0.2, 0) is 4.57 Å². The molecule has 0 aromatic carbocycles. The molecule has 0 aliphatic carbocycles. The predicted octanol–water partition coefficient (Wildman–Crippen LogP) is 2.76. The summed E-state index contributed by atoms with van der Waals surface area (Å²) in [7, 11) is -2.31. The van der Waals surface area contributed by atoms with Crippen LogP contribution in [0, 0.1) is 0 Å². The second kappa shape index (κ2) is 4.26. The third-order valence-corrected chi connectivity index (χ3v) is 5.76. The van der Waals surface area contributed by atoms with Crippen molar-refractivity contribution >= 4 is 24.2 Å². The van der Waals surface area contributed by atoms with Crippen molar-refractivity contribution in [3.63, 3.8) is 0 Å². The first-order chi connectivity index (χ1) is 6.14. The Morgan fingerprint density at radius 2 is 2.08 bits per heavy atom. The first-order valence-corrected chi connectivity index (χ1v) is 6.78. The lowest BCUT2D eigenvalue weighted by molar-refractivity contribution is 0.582. The molecule has 1 heterocycles. The molecule has 13 heavy (non-hydrogen) atoms. The predicted molar refractivity (Wildman–Crippen MR) is 57.6 cm³/mol. The van der Waals surface area contributed by atoms with Crippen LogP contribution < -0.4 is 5.44 Å². The molecule has 4 heteroatoms. The molecule has 0 aliphatic heterocycles. The number of aromatic nitrogens is 1. The van der Waals surface area contributed by atoms with Crippen LogP contribution in [-0.4, -0.2) is 17.3 Å². The Labute approximate surface area is 83.7 Å². The molecule has 0 fully saturated rings. The van der Waals surface area contributed by atoms with E-state index < -0.39 is 7.14 Å². The fraction of sp³-hybridized carbons (Fsp3) is 0.444. The zero-order chi connectivity index (χ0) is 9.90. The Morgan fingerprint density at radius 1 is 1.46 bits per heavy atom. The van der Waals surface area contributed by atoms with E-state index in [1.807, 2.05) is 13.8 Å². The lowest BCUT2D eigenvalue weighted by atomic mass is 10.5. The molecule has 1 aromatic rings. The molecular formula is C9H13ClNOP. The molecule has 0 atom stereocenters. The minimum absolute atomic E-state index is 0.523. The van der Waals surface area contributed by atoms with E-state index >= 15 is 0 Å². The highest BCUT2D eigenvalue weighted by atomic mass is 35.5. The van der Waals surface area contributed by atoms with Gasteiger partial charge < -0.3 is 4.57 Å². The normalized spacial score (nSPS) is 11.6. The first kappa shape index (κ1) is 10.7. The van der Waals surface area contributed by atoms with Gasteiger partial charge in [-0.05, 0) is 12.1 Å². The number of hydrogen-bond acceptors (Lipinski definition) is 2. The average molecular weight is 218 g/mol. The molecule has 0 spiro atoms. The van der Waals surface area contributed by atoms with Crippen molar-refractivity contribution < 1.29 is 4.57 Å². The standard InChI is InChI=1S/C9H13ClNOP/c1-3-13(12,4-2)9-8(10)6-5-7-11-9/h5-7H,3-4H2,1-2H3. The average Bonchev–Trinajstić information content (AvgIpc) is 2.17. The maximum Gasteiger partial charge on any atom is 0.134 e. The molecule has 1 rings (SSSR count). The van der Waals surface area contributed by atoms with Crippen molar-refractivity contribution in [2.24, 2.45) is 0 Å². The van der Waals surface area contributed by atoms with Gasteiger partial charge in [0, 0.05) is 18.5 Å². The van der Waals surface area contributed by atoms with Crippen molar-refractivity contribution in [3.05, 3.63) is 23.4 Å². The van der Waals surface area contributed by atoms with Crippen LogP contribution >= 0.6 is 18.7 Å². The molecule has 0 aliphatic rings. The summed E-state index contributed by atoms with van der Waals surface area (Å²) in [4.78, 5) is 4.10. The van der Waals surface area contributed by atoms with E-state index in [1.165, 1.54) is 0 Å². The fourth-order valence-electron chi connectivity index (χ4n) is 1.20. The Kier molecular flexibility index (Phi) is 3.52. The summed E-state index contributed by atoms with van der Waals surface area (Å²) in [6.07, 6.45) is 2.89. The van der Waals surface area contributed by atoms with Crippen LogP contribution in [0.4, 0.5) is 0 Å². The summed E-state index contributed by atoms with van der Waals surface area (Å²) in [6.45, 7) is 3.82. The number of pyridine rings is 1. The van der Waals surface area contributed by atoms with E-state index in [9.17, 15) is 4.57 Å². The summed E-state index contributed by atoms with van der Waals surface area (Å²) in [5, 5.41) is 0.523. The van der Waals surface area contributed by atoms with Gasteiger partial charge in [0.25, 0.3) is 0 Å². The van der Waals surface area contributed by atoms with E-state index in [-0.39, 0.29) is 0 Å². The highest BCUT2D eigenvalue weighted by molar-refractivity contribution is 7.71. The van der Waals surface area contributed by atoms with Crippen LogP contribution in [0.5, 0.6) is 0 Å². The number of rotatable bonds is 3. The van der Waals surface area contributed by atoms with Crippen LogP contribution in [0.25, 0.3) is 0 Å². The lowest BCUT2D eigenvalue weighted by Gasteiger charge is -2.13. The third-order valence-electron chi connectivity index (χ3n) is 2.15. The minimum atomic E-state index is -2.31. The lowest BCUT2D eigenvalue weighted by Crippen LogP contribution is -2.13. The monoisotopic (exact) mass is 217 g/mol. The topological polar surface area (TPSA) is 30.0 Å². The summed E-state index contributed by atoms with van der Waals surface area (Å²) in [6, 6.07) is 3.49. The second-order valence-corrected chi connectivity index (χ2v) is 6.70. The zero-order valence-corrected chi connectivity index (χ0v) is 9.48. The van der Waals surface area contributed by atoms with E-state index in [0.717, 1.165) is 0 Å². The number of hydrogen-bond donors (Lipinski definition) is 0. The maximum absolute atomic E-state index is 12.2. The molecule has 2 nitrogen and oxygen atoms in total. The summed E-state index contributed by atoms with van der Waals surface area (Å²) >= 11 is 5.93. The molecule has 0 saturated carbocycles. The Hall–Kier alpha value is -0.330. The van der Waals surface area contributed by atoms with Gasteiger partial charge in [0.2, 0.25) is 0 Å². The van der Waals surface area contributed by atoms with Crippen molar-refractivity contribution in [2.45, 2.75) is 13.8 Å². The van der Waals surface area contributed by atoms with Gasteiger partial charge in [0.15, 0.2) is 0 Å². The summed E-state index contributed by atoms with van der Waals surface area (Å²) in [5.41, 5.74) is 0.585. The van der Waals surface area contributed by atoms with Gasteiger partial charge in [0.1, 0.15) is 12.6 Å². The number of nitrogens with zero attached hydrogens (tertiary/aromatic N) is 1. The molecule has 0 radical (unpaired) electrons. The third kappa shape index (κ3) is 2.12.